The molecule has 86 valence electrons. The predicted octanol–water partition coefficient (Wildman–Crippen LogP) is 2.77. The van der Waals surface area contributed by atoms with Crippen molar-refractivity contribution in [1.82, 2.24) is 5.48 Å². The summed E-state index contributed by atoms with van der Waals surface area (Å²) in [6, 6.07) is 5.47. The fourth-order valence-electron chi connectivity index (χ4n) is 1.77. The van der Waals surface area contributed by atoms with E-state index in [0.717, 1.165) is 12.0 Å². The van der Waals surface area contributed by atoms with E-state index in [9.17, 15) is 4.79 Å². The van der Waals surface area contributed by atoms with Gasteiger partial charge in [0.05, 0.1) is 17.2 Å². The van der Waals surface area contributed by atoms with Gasteiger partial charge in [-0.25, -0.2) is 5.48 Å². The van der Waals surface area contributed by atoms with Crippen LogP contribution in [-0.2, 0) is 9.63 Å². The molecule has 0 aromatic heterocycles. The van der Waals surface area contributed by atoms with Gasteiger partial charge in [0.2, 0.25) is 5.91 Å². The van der Waals surface area contributed by atoms with Gasteiger partial charge < -0.3 is 0 Å². The molecule has 1 aromatic rings. The normalized spacial score (nSPS) is 22.9. The van der Waals surface area contributed by atoms with Gasteiger partial charge in [0, 0.05) is 5.92 Å². The van der Waals surface area contributed by atoms with E-state index < -0.39 is 0 Å². The first-order valence-corrected chi connectivity index (χ1v) is 5.67. The second kappa shape index (κ2) is 4.62. The molecule has 1 N–H and O–H groups in total. The number of benzene rings is 1. The second-order valence-electron chi connectivity index (χ2n) is 3.79. The van der Waals surface area contributed by atoms with Gasteiger partial charge in [0.25, 0.3) is 0 Å². The Morgan fingerprint density at radius 3 is 2.81 bits per heavy atom. The summed E-state index contributed by atoms with van der Waals surface area (Å²) in [5.41, 5.74) is 3.38. The van der Waals surface area contributed by atoms with Gasteiger partial charge in [0.1, 0.15) is 0 Å². The van der Waals surface area contributed by atoms with Crippen molar-refractivity contribution in [1.29, 1.82) is 0 Å². The molecule has 1 aromatic carbocycles. The van der Waals surface area contributed by atoms with Crippen molar-refractivity contribution < 1.29 is 9.63 Å². The number of carbonyl (C=O) groups is 1. The highest BCUT2D eigenvalue weighted by Crippen LogP contribution is 2.48. The molecule has 0 radical (unpaired) electrons. The van der Waals surface area contributed by atoms with E-state index in [2.05, 4.69) is 10.3 Å². The van der Waals surface area contributed by atoms with Crippen LogP contribution in [-0.4, -0.2) is 13.0 Å². The topological polar surface area (TPSA) is 38.3 Å². The Morgan fingerprint density at radius 2 is 2.19 bits per heavy atom. The van der Waals surface area contributed by atoms with E-state index in [-0.39, 0.29) is 17.7 Å². The van der Waals surface area contributed by atoms with E-state index in [1.165, 1.54) is 7.11 Å². The van der Waals surface area contributed by atoms with Crippen LogP contribution >= 0.6 is 23.2 Å². The average Bonchev–Trinajstić information content (AvgIpc) is 3.02. The van der Waals surface area contributed by atoms with Crippen LogP contribution < -0.4 is 5.48 Å². The summed E-state index contributed by atoms with van der Waals surface area (Å²) in [6.45, 7) is 0. The Labute approximate surface area is 104 Å². The third-order valence-corrected chi connectivity index (χ3v) is 3.44. The van der Waals surface area contributed by atoms with Crippen LogP contribution in [0.4, 0.5) is 0 Å². The third kappa shape index (κ3) is 2.32. The van der Waals surface area contributed by atoms with Crippen molar-refractivity contribution in [2.45, 2.75) is 12.3 Å². The summed E-state index contributed by atoms with van der Waals surface area (Å²) in [5, 5.41) is 1.06. The maximum Gasteiger partial charge on any atom is 0.247 e. The zero-order valence-corrected chi connectivity index (χ0v) is 10.2. The molecule has 0 unspecified atom stereocenters. The first-order chi connectivity index (χ1) is 7.63. The number of hydroxylamine groups is 1. The van der Waals surface area contributed by atoms with Crippen LogP contribution in [0.2, 0.25) is 10.0 Å². The molecule has 1 amide bonds. The Morgan fingerprint density at radius 1 is 1.44 bits per heavy atom. The summed E-state index contributed by atoms with van der Waals surface area (Å²) < 4.78 is 0. The van der Waals surface area contributed by atoms with Gasteiger partial charge in [-0.3, -0.25) is 9.63 Å². The van der Waals surface area contributed by atoms with Gasteiger partial charge in [-0.2, -0.15) is 0 Å². The van der Waals surface area contributed by atoms with E-state index in [0.29, 0.717) is 10.0 Å². The van der Waals surface area contributed by atoms with Crippen LogP contribution in [0.15, 0.2) is 18.2 Å². The number of hydrogen-bond acceptors (Lipinski definition) is 2. The maximum absolute atomic E-state index is 11.4. The zero-order chi connectivity index (χ0) is 11.7. The van der Waals surface area contributed by atoms with E-state index in [1.54, 1.807) is 6.07 Å². The van der Waals surface area contributed by atoms with E-state index in [1.807, 2.05) is 12.1 Å². The molecule has 3 nitrogen and oxygen atoms in total. The first-order valence-electron chi connectivity index (χ1n) is 4.91. The molecule has 0 bridgehead atoms. The zero-order valence-electron chi connectivity index (χ0n) is 8.67. The van der Waals surface area contributed by atoms with Gasteiger partial charge in [-0.1, -0.05) is 29.3 Å². The summed E-state index contributed by atoms with van der Waals surface area (Å²) in [7, 11) is 1.43. The lowest BCUT2D eigenvalue weighted by Gasteiger charge is -2.03. The molecule has 2 rings (SSSR count). The highest BCUT2D eigenvalue weighted by Gasteiger charge is 2.44. The van der Waals surface area contributed by atoms with Crippen molar-refractivity contribution >= 4 is 29.1 Å². The fourth-order valence-corrected chi connectivity index (χ4v) is 2.08. The number of halogens is 2. The van der Waals surface area contributed by atoms with Crippen molar-refractivity contribution in [2.75, 3.05) is 7.11 Å². The first kappa shape index (κ1) is 11.7. The SMILES string of the molecule is CONC(=O)[C@H]1C[C@@H]1c1ccc(Cl)c(Cl)c1. The van der Waals surface area contributed by atoms with Crippen molar-refractivity contribution in [2.24, 2.45) is 5.92 Å². The van der Waals surface area contributed by atoms with Gasteiger partial charge in [-0.15, -0.1) is 0 Å². The van der Waals surface area contributed by atoms with Crippen molar-refractivity contribution in [3.05, 3.63) is 33.8 Å². The van der Waals surface area contributed by atoms with Gasteiger partial charge in [0.15, 0.2) is 0 Å². The van der Waals surface area contributed by atoms with E-state index in [4.69, 9.17) is 23.2 Å². The standard InChI is InChI=1S/C11H11Cl2NO2/c1-16-14-11(15)8-5-7(8)6-2-3-9(12)10(13)4-6/h2-4,7-8H,5H2,1H3,(H,14,15)/t7-,8+/m1/s1. The van der Waals surface area contributed by atoms with E-state index >= 15 is 0 Å². The van der Waals surface area contributed by atoms with Crippen LogP contribution in [0, 0.1) is 5.92 Å². The Kier molecular flexibility index (Phi) is 3.38. The minimum Gasteiger partial charge on any atom is -0.277 e. The number of rotatable bonds is 3. The lowest BCUT2D eigenvalue weighted by Crippen LogP contribution is -2.23. The molecule has 0 saturated heterocycles. The molecule has 1 aliphatic rings. The molecular weight excluding hydrogens is 249 g/mol. The molecule has 0 aliphatic heterocycles. The molecule has 2 atom stereocenters. The van der Waals surface area contributed by atoms with Crippen molar-refractivity contribution in [3.8, 4) is 0 Å². The Hall–Kier alpha value is -0.770. The maximum atomic E-state index is 11.4. The van der Waals surface area contributed by atoms with Gasteiger partial charge >= 0.3 is 0 Å². The number of carbonyl (C=O) groups excluding carboxylic acids is 1. The number of amides is 1. The fraction of sp³-hybridized carbons (Fsp3) is 0.364. The molecule has 1 fully saturated rings. The largest absolute Gasteiger partial charge is 0.277 e. The quantitative estimate of drug-likeness (QED) is 0.848. The number of hydrogen-bond donors (Lipinski definition) is 1. The smallest absolute Gasteiger partial charge is 0.247 e. The Bertz CT molecular complexity index is 422. The number of nitrogens with one attached hydrogen (secondary N) is 1. The minimum absolute atomic E-state index is 0.0165. The Balaban J connectivity index is 2.06. The summed E-state index contributed by atoms with van der Waals surface area (Å²) in [5.74, 6) is 0.126. The molecular formula is C11H11Cl2NO2. The highest BCUT2D eigenvalue weighted by molar-refractivity contribution is 6.42. The van der Waals surface area contributed by atoms with Gasteiger partial charge in [-0.05, 0) is 30.0 Å². The monoisotopic (exact) mass is 259 g/mol. The molecule has 5 heteroatoms. The second-order valence-corrected chi connectivity index (χ2v) is 4.61. The summed E-state index contributed by atoms with van der Waals surface area (Å²) in [4.78, 5) is 16.0. The molecule has 0 heterocycles. The molecule has 0 spiro atoms. The summed E-state index contributed by atoms with van der Waals surface area (Å²) in [6.07, 6.45) is 0.827. The lowest BCUT2D eigenvalue weighted by atomic mass is 10.1. The molecule has 1 saturated carbocycles. The lowest BCUT2D eigenvalue weighted by molar-refractivity contribution is -0.132. The van der Waals surface area contributed by atoms with Crippen LogP contribution in [0.5, 0.6) is 0 Å². The average molecular weight is 260 g/mol. The van der Waals surface area contributed by atoms with Crippen molar-refractivity contribution in [3.63, 3.8) is 0 Å². The molecule has 1 aliphatic carbocycles. The van der Waals surface area contributed by atoms with Crippen LogP contribution in [0.25, 0.3) is 0 Å². The third-order valence-electron chi connectivity index (χ3n) is 2.70. The highest BCUT2D eigenvalue weighted by atomic mass is 35.5. The van der Waals surface area contributed by atoms with Crippen LogP contribution in [0.3, 0.4) is 0 Å². The minimum atomic E-state index is -0.0847. The summed E-state index contributed by atoms with van der Waals surface area (Å²) >= 11 is 11.7. The van der Waals surface area contributed by atoms with Crippen LogP contribution in [0.1, 0.15) is 17.9 Å². The molecule has 16 heavy (non-hydrogen) atoms. The predicted molar refractivity (Wildman–Crippen MR) is 62.5 cm³/mol.